The van der Waals surface area contributed by atoms with Crippen molar-refractivity contribution < 1.29 is 39.4 Å². The second kappa shape index (κ2) is 10.7. The van der Waals surface area contributed by atoms with Crippen LogP contribution >= 0.6 is 23.2 Å². The molecule has 5 atom stereocenters. The van der Waals surface area contributed by atoms with Crippen molar-refractivity contribution in [2.75, 3.05) is 13.2 Å². The number of carbonyl (C=O) groups excluding carboxylic acids is 1. The molecular formula is C21H22Cl2O8. The fraction of sp³-hybridized carbons (Fsp3) is 0.381. The maximum Gasteiger partial charge on any atom is 0.345 e. The Hall–Kier alpha value is -1.75. The molecule has 2 aromatic carbocycles. The number of benzene rings is 2. The first-order valence-electron chi connectivity index (χ1n) is 9.49. The summed E-state index contributed by atoms with van der Waals surface area (Å²) in [5.74, 6) is -0.314. The fourth-order valence-electron chi connectivity index (χ4n) is 3.05. The van der Waals surface area contributed by atoms with E-state index in [0.717, 1.165) is 5.56 Å². The molecule has 4 N–H and O–H groups in total. The highest BCUT2D eigenvalue weighted by atomic mass is 35.5. The van der Waals surface area contributed by atoms with Gasteiger partial charge in [-0.2, -0.15) is 0 Å². The molecule has 0 amide bonds. The third kappa shape index (κ3) is 5.74. The molecule has 0 spiro atoms. The maximum absolute atomic E-state index is 12.3. The van der Waals surface area contributed by atoms with Crippen molar-refractivity contribution in [3.63, 3.8) is 0 Å². The van der Waals surface area contributed by atoms with Gasteiger partial charge >= 0.3 is 5.97 Å². The summed E-state index contributed by atoms with van der Waals surface area (Å²) in [7, 11) is 0. The largest absolute Gasteiger partial charge is 0.423 e. The van der Waals surface area contributed by atoms with Crippen LogP contribution in [-0.2, 0) is 15.9 Å². The Morgan fingerprint density at radius 2 is 1.71 bits per heavy atom. The number of hydrogen-bond donors (Lipinski definition) is 4. The molecule has 1 heterocycles. The smallest absolute Gasteiger partial charge is 0.345 e. The first-order valence-corrected chi connectivity index (χ1v) is 10.2. The minimum Gasteiger partial charge on any atom is -0.423 e. The zero-order valence-electron chi connectivity index (χ0n) is 16.2. The lowest BCUT2D eigenvalue weighted by Gasteiger charge is -2.39. The van der Waals surface area contributed by atoms with Crippen molar-refractivity contribution in [3.8, 4) is 5.75 Å². The van der Waals surface area contributed by atoms with Crippen LogP contribution in [0.2, 0.25) is 10.0 Å². The molecule has 2 aromatic rings. The van der Waals surface area contributed by atoms with Gasteiger partial charge in [-0.1, -0.05) is 41.4 Å². The van der Waals surface area contributed by atoms with Crippen molar-refractivity contribution in [2.24, 2.45) is 0 Å². The van der Waals surface area contributed by atoms with E-state index < -0.39 is 43.3 Å². The zero-order valence-corrected chi connectivity index (χ0v) is 17.7. The van der Waals surface area contributed by atoms with Gasteiger partial charge in [-0.3, -0.25) is 0 Å². The summed E-state index contributed by atoms with van der Waals surface area (Å²) in [5.41, 5.74) is 1.01. The van der Waals surface area contributed by atoms with Crippen molar-refractivity contribution in [3.05, 3.63) is 63.6 Å². The van der Waals surface area contributed by atoms with Crippen LogP contribution in [0.1, 0.15) is 15.9 Å². The van der Waals surface area contributed by atoms with E-state index in [1.165, 1.54) is 6.07 Å². The molecule has 8 nitrogen and oxygen atoms in total. The molecule has 31 heavy (non-hydrogen) atoms. The number of rotatable bonds is 7. The normalized spacial score (nSPS) is 25.9. The maximum atomic E-state index is 12.3. The van der Waals surface area contributed by atoms with Gasteiger partial charge in [0.15, 0.2) is 6.29 Å². The molecule has 168 valence electrons. The summed E-state index contributed by atoms with van der Waals surface area (Å²) in [5, 5.41) is 39.1. The van der Waals surface area contributed by atoms with E-state index in [0.29, 0.717) is 12.2 Å². The number of aliphatic hydroxyl groups excluding tert-OH is 4. The van der Waals surface area contributed by atoms with Gasteiger partial charge in [-0.25, -0.2) is 4.79 Å². The van der Waals surface area contributed by atoms with E-state index in [9.17, 15) is 25.2 Å². The highest BCUT2D eigenvalue weighted by molar-refractivity contribution is 6.43. The first-order chi connectivity index (χ1) is 14.8. The standard InChI is InChI=1S/C21H22Cl2O8/c22-14-3-1-2-13(16(14)23)20(28)30-12-6-4-11(5-7-12)8-9-29-21-19(27)18(26)17(25)15(10-24)31-21/h1-7,15,17-19,21,24-27H,8-10H2/t15-,17-,18+,19-,21-/m1/s1. The summed E-state index contributed by atoms with van der Waals surface area (Å²) < 4.78 is 16.1. The van der Waals surface area contributed by atoms with E-state index in [4.69, 9.17) is 37.4 Å². The van der Waals surface area contributed by atoms with Crippen LogP contribution in [0.4, 0.5) is 0 Å². The van der Waals surface area contributed by atoms with Crippen molar-refractivity contribution in [1.82, 2.24) is 0 Å². The first kappa shape index (κ1) is 23.9. The minimum absolute atomic E-state index is 0.121. The Morgan fingerprint density at radius 1 is 1.00 bits per heavy atom. The summed E-state index contributed by atoms with van der Waals surface area (Å²) in [4.78, 5) is 12.3. The van der Waals surface area contributed by atoms with Gasteiger partial charge in [0.2, 0.25) is 0 Å². The van der Waals surface area contributed by atoms with Crippen LogP contribution in [0.5, 0.6) is 5.75 Å². The number of hydrogen-bond acceptors (Lipinski definition) is 8. The van der Waals surface area contributed by atoms with E-state index in [2.05, 4.69) is 0 Å². The average Bonchev–Trinajstić information content (AvgIpc) is 2.76. The lowest BCUT2D eigenvalue weighted by Crippen LogP contribution is -2.59. The quantitative estimate of drug-likeness (QED) is 0.353. The lowest BCUT2D eigenvalue weighted by molar-refractivity contribution is -0.300. The van der Waals surface area contributed by atoms with Crippen molar-refractivity contribution >= 4 is 29.2 Å². The number of carbonyl (C=O) groups is 1. The highest BCUT2D eigenvalue weighted by Crippen LogP contribution is 2.27. The van der Waals surface area contributed by atoms with Crippen LogP contribution in [0.25, 0.3) is 0 Å². The highest BCUT2D eigenvalue weighted by Gasteiger charge is 2.43. The minimum atomic E-state index is -1.49. The molecule has 1 aliphatic heterocycles. The topological polar surface area (TPSA) is 126 Å². The summed E-state index contributed by atoms with van der Waals surface area (Å²) in [6.45, 7) is -0.384. The molecule has 0 saturated carbocycles. The molecule has 1 aliphatic rings. The van der Waals surface area contributed by atoms with Crippen molar-refractivity contribution in [2.45, 2.75) is 37.1 Å². The molecule has 0 radical (unpaired) electrons. The molecule has 0 bridgehead atoms. The van der Waals surface area contributed by atoms with Gasteiger partial charge < -0.3 is 34.6 Å². The molecule has 0 aromatic heterocycles. The molecule has 0 unspecified atom stereocenters. The number of esters is 1. The summed E-state index contributed by atoms with van der Waals surface area (Å²) in [6, 6.07) is 11.4. The van der Waals surface area contributed by atoms with E-state index in [1.807, 2.05) is 0 Å². The Labute approximate surface area is 188 Å². The summed E-state index contributed by atoms with van der Waals surface area (Å²) in [6.07, 6.45) is -6.14. The van der Waals surface area contributed by atoms with E-state index >= 15 is 0 Å². The van der Waals surface area contributed by atoms with Gasteiger partial charge in [-0.15, -0.1) is 0 Å². The second-order valence-electron chi connectivity index (χ2n) is 6.95. The van der Waals surface area contributed by atoms with Crippen LogP contribution in [-0.4, -0.2) is 70.3 Å². The average molecular weight is 473 g/mol. The van der Waals surface area contributed by atoms with Gasteiger partial charge in [0.25, 0.3) is 0 Å². The lowest BCUT2D eigenvalue weighted by atomic mass is 9.99. The molecule has 1 fully saturated rings. The van der Waals surface area contributed by atoms with Crippen LogP contribution in [0.3, 0.4) is 0 Å². The number of ether oxygens (including phenoxy) is 3. The predicted molar refractivity (Wildman–Crippen MR) is 111 cm³/mol. The predicted octanol–water partition coefficient (Wildman–Crippen LogP) is 1.57. The fourth-order valence-corrected chi connectivity index (χ4v) is 3.42. The van der Waals surface area contributed by atoms with E-state index in [1.54, 1.807) is 36.4 Å². The van der Waals surface area contributed by atoms with Gasteiger partial charge in [0.05, 0.1) is 28.8 Å². The molecule has 3 rings (SSSR count). The second-order valence-corrected chi connectivity index (χ2v) is 7.74. The zero-order chi connectivity index (χ0) is 22.5. The van der Waals surface area contributed by atoms with Gasteiger partial charge in [0, 0.05) is 0 Å². The molecule has 1 saturated heterocycles. The number of aliphatic hydroxyl groups is 4. The van der Waals surface area contributed by atoms with Gasteiger partial charge in [-0.05, 0) is 36.2 Å². The van der Waals surface area contributed by atoms with Crippen LogP contribution < -0.4 is 4.74 Å². The van der Waals surface area contributed by atoms with Crippen LogP contribution in [0, 0.1) is 0 Å². The Balaban J connectivity index is 1.52. The molecule has 0 aliphatic carbocycles. The monoisotopic (exact) mass is 472 g/mol. The SMILES string of the molecule is O=C(Oc1ccc(CCO[C@@H]2O[C@H](CO)[C@@H](O)[C@H](O)[C@H]2O)cc1)c1cccc(Cl)c1Cl. The van der Waals surface area contributed by atoms with E-state index in [-0.39, 0.29) is 22.2 Å². The van der Waals surface area contributed by atoms with Crippen LogP contribution in [0.15, 0.2) is 42.5 Å². The Bertz CT molecular complexity index is 889. The Morgan fingerprint density at radius 3 is 2.39 bits per heavy atom. The third-order valence-corrected chi connectivity index (χ3v) is 5.65. The number of halogens is 2. The van der Waals surface area contributed by atoms with Crippen molar-refractivity contribution in [1.29, 1.82) is 0 Å². The van der Waals surface area contributed by atoms with Gasteiger partial charge in [0.1, 0.15) is 30.2 Å². The summed E-state index contributed by atoms with van der Waals surface area (Å²) >= 11 is 11.9. The third-order valence-electron chi connectivity index (χ3n) is 4.83. The molecular weight excluding hydrogens is 451 g/mol. The Kier molecular flexibility index (Phi) is 8.26. The molecule has 10 heteroatoms.